The van der Waals surface area contributed by atoms with Crippen LogP contribution in [0.5, 0.6) is 5.75 Å². The molecule has 3 rings (SSSR count). The zero-order valence-corrected chi connectivity index (χ0v) is 12.7. The first-order chi connectivity index (χ1) is 11.3. The van der Waals surface area contributed by atoms with Gasteiger partial charge in [-0.3, -0.25) is 0 Å². The van der Waals surface area contributed by atoms with Crippen molar-refractivity contribution >= 4 is 10.9 Å². The van der Waals surface area contributed by atoms with Gasteiger partial charge in [0.25, 0.3) is 0 Å². The van der Waals surface area contributed by atoms with Gasteiger partial charge in [-0.05, 0) is 17.7 Å². The number of ether oxygens (including phenoxy) is 1. The molecule has 112 valence electrons. The monoisotopic (exact) mass is 301 g/mol. The Hall–Kier alpha value is -3.24. The lowest BCUT2D eigenvalue weighted by Gasteiger charge is -2.20. The van der Waals surface area contributed by atoms with Gasteiger partial charge in [0.2, 0.25) is 0 Å². The van der Waals surface area contributed by atoms with Crippen molar-refractivity contribution in [2.75, 3.05) is 7.11 Å². The number of hydrogen-bond donors (Lipinski definition) is 1. The lowest BCUT2D eigenvalue weighted by atomic mass is 9.81. The van der Waals surface area contributed by atoms with Crippen molar-refractivity contribution in [2.24, 2.45) is 5.92 Å². The molecule has 0 radical (unpaired) electrons. The van der Waals surface area contributed by atoms with Gasteiger partial charge in [0.1, 0.15) is 11.7 Å². The maximum atomic E-state index is 9.47. The molecule has 1 heterocycles. The van der Waals surface area contributed by atoms with Crippen molar-refractivity contribution < 1.29 is 4.74 Å². The number of benzene rings is 2. The van der Waals surface area contributed by atoms with E-state index in [0.29, 0.717) is 5.75 Å². The van der Waals surface area contributed by atoms with Crippen LogP contribution in [0.1, 0.15) is 17.0 Å². The summed E-state index contributed by atoms with van der Waals surface area (Å²) < 4.78 is 5.45. The maximum absolute atomic E-state index is 9.47. The Kier molecular flexibility index (Phi) is 3.99. The van der Waals surface area contributed by atoms with Gasteiger partial charge in [0.15, 0.2) is 0 Å². The van der Waals surface area contributed by atoms with Crippen molar-refractivity contribution in [1.82, 2.24) is 4.98 Å². The van der Waals surface area contributed by atoms with Crippen LogP contribution in [-0.2, 0) is 0 Å². The van der Waals surface area contributed by atoms with Crippen molar-refractivity contribution in [3.05, 3.63) is 65.9 Å². The van der Waals surface area contributed by atoms with Crippen LogP contribution in [0.15, 0.2) is 54.7 Å². The van der Waals surface area contributed by atoms with Crippen LogP contribution in [0.4, 0.5) is 0 Å². The maximum Gasteiger partial charge on any atom is 0.144 e. The number of aromatic nitrogens is 1. The van der Waals surface area contributed by atoms with Gasteiger partial charge in [-0.1, -0.05) is 36.4 Å². The van der Waals surface area contributed by atoms with Gasteiger partial charge in [-0.2, -0.15) is 10.5 Å². The topological polar surface area (TPSA) is 72.6 Å². The molecule has 1 N–H and O–H groups in total. The lowest BCUT2D eigenvalue weighted by molar-refractivity contribution is 0.406. The average molecular weight is 301 g/mol. The Labute approximate surface area is 134 Å². The van der Waals surface area contributed by atoms with Gasteiger partial charge in [0.05, 0.1) is 19.2 Å². The molecule has 0 spiro atoms. The minimum atomic E-state index is -0.800. The Morgan fingerprint density at radius 1 is 0.957 bits per heavy atom. The molecule has 1 unspecified atom stereocenters. The number of aromatic amines is 1. The minimum Gasteiger partial charge on any atom is -0.496 e. The van der Waals surface area contributed by atoms with E-state index in [1.54, 1.807) is 7.11 Å². The summed E-state index contributed by atoms with van der Waals surface area (Å²) in [5.41, 5.74) is 2.75. The fourth-order valence-electron chi connectivity index (χ4n) is 2.98. The summed E-state index contributed by atoms with van der Waals surface area (Å²) in [4.78, 5) is 3.22. The molecule has 0 fully saturated rings. The SMILES string of the molecule is COc1ccccc1C(c1c[nH]c2ccccc12)C(C#N)C#N. The normalized spacial score (nSPS) is 11.8. The van der Waals surface area contributed by atoms with Crippen LogP contribution in [-0.4, -0.2) is 12.1 Å². The largest absolute Gasteiger partial charge is 0.496 e. The molecule has 0 aliphatic heterocycles. The van der Waals surface area contributed by atoms with Crippen molar-refractivity contribution in [2.45, 2.75) is 5.92 Å². The first kappa shape index (κ1) is 14.7. The fourth-order valence-corrected chi connectivity index (χ4v) is 2.98. The molecule has 0 bridgehead atoms. The molecule has 1 atom stereocenters. The molecule has 3 aromatic rings. The van der Waals surface area contributed by atoms with Crippen LogP contribution in [0.2, 0.25) is 0 Å². The zero-order chi connectivity index (χ0) is 16.2. The molecule has 0 aliphatic carbocycles. The first-order valence-corrected chi connectivity index (χ1v) is 7.28. The zero-order valence-electron chi connectivity index (χ0n) is 12.7. The Balaban J connectivity index is 2.25. The molecule has 23 heavy (non-hydrogen) atoms. The Morgan fingerprint density at radius 2 is 1.65 bits per heavy atom. The summed E-state index contributed by atoms with van der Waals surface area (Å²) >= 11 is 0. The van der Waals surface area contributed by atoms with Crippen molar-refractivity contribution in [1.29, 1.82) is 10.5 Å². The number of hydrogen-bond acceptors (Lipinski definition) is 3. The quantitative estimate of drug-likeness (QED) is 0.792. The molecule has 2 aromatic carbocycles. The number of H-pyrrole nitrogens is 1. The highest BCUT2D eigenvalue weighted by atomic mass is 16.5. The summed E-state index contributed by atoms with van der Waals surface area (Å²) in [6.07, 6.45) is 1.88. The third-order valence-corrected chi connectivity index (χ3v) is 4.04. The summed E-state index contributed by atoms with van der Waals surface area (Å²) in [6, 6.07) is 19.7. The van der Waals surface area contributed by atoms with Crippen LogP contribution in [0.3, 0.4) is 0 Å². The summed E-state index contributed by atoms with van der Waals surface area (Å²) in [5.74, 6) is -0.499. The second-order valence-electron chi connectivity index (χ2n) is 5.25. The Morgan fingerprint density at radius 3 is 2.39 bits per heavy atom. The van der Waals surface area contributed by atoms with Crippen LogP contribution >= 0.6 is 0 Å². The standard InChI is InChI=1S/C19H15N3O/c1-23-18-9-5-3-7-15(18)19(13(10-20)11-21)16-12-22-17-8-4-2-6-14(16)17/h2-9,12-13,19,22H,1H3. The van der Waals surface area contributed by atoms with Gasteiger partial charge in [0, 0.05) is 28.6 Å². The van der Waals surface area contributed by atoms with Crippen molar-refractivity contribution in [3.8, 4) is 17.9 Å². The molecule has 0 amide bonds. The predicted octanol–water partition coefficient (Wildman–Crippen LogP) is 3.97. The van der Waals surface area contributed by atoms with E-state index < -0.39 is 5.92 Å². The summed E-state index contributed by atoms with van der Waals surface area (Å²) in [5, 5.41) is 20.0. The highest BCUT2D eigenvalue weighted by Gasteiger charge is 2.29. The number of rotatable bonds is 4. The van der Waals surface area contributed by atoms with E-state index in [1.165, 1.54) is 0 Å². The van der Waals surface area contributed by atoms with E-state index in [0.717, 1.165) is 22.0 Å². The van der Waals surface area contributed by atoms with Gasteiger partial charge in [-0.15, -0.1) is 0 Å². The average Bonchev–Trinajstić information content (AvgIpc) is 3.03. The van der Waals surface area contributed by atoms with Crippen LogP contribution in [0, 0.1) is 28.6 Å². The summed E-state index contributed by atoms with van der Waals surface area (Å²) in [6.45, 7) is 0. The third-order valence-electron chi connectivity index (χ3n) is 4.04. The molecule has 0 saturated heterocycles. The number of nitrogens with zero attached hydrogens (tertiary/aromatic N) is 2. The number of nitriles is 2. The van der Waals surface area contributed by atoms with Crippen molar-refractivity contribution in [3.63, 3.8) is 0 Å². The van der Waals surface area contributed by atoms with E-state index in [-0.39, 0.29) is 5.92 Å². The molecule has 4 heteroatoms. The van der Waals surface area contributed by atoms with E-state index in [1.807, 2.05) is 54.7 Å². The smallest absolute Gasteiger partial charge is 0.144 e. The fraction of sp³-hybridized carbons (Fsp3) is 0.158. The summed E-state index contributed by atoms with van der Waals surface area (Å²) in [7, 11) is 1.60. The highest BCUT2D eigenvalue weighted by molar-refractivity contribution is 5.84. The highest BCUT2D eigenvalue weighted by Crippen LogP contribution is 2.39. The molecule has 0 saturated carbocycles. The third kappa shape index (κ3) is 2.52. The molecular weight excluding hydrogens is 286 g/mol. The van der Waals surface area contributed by atoms with Crippen LogP contribution in [0.25, 0.3) is 10.9 Å². The first-order valence-electron chi connectivity index (χ1n) is 7.28. The molecule has 0 aliphatic rings. The number of nitrogens with one attached hydrogen (secondary N) is 1. The predicted molar refractivity (Wildman–Crippen MR) is 87.9 cm³/mol. The minimum absolute atomic E-state index is 0.378. The molecule has 1 aromatic heterocycles. The lowest BCUT2D eigenvalue weighted by Crippen LogP contribution is -2.12. The molecular formula is C19H15N3O. The Bertz CT molecular complexity index is 900. The van der Waals surface area contributed by atoms with Gasteiger partial charge in [-0.25, -0.2) is 0 Å². The van der Waals surface area contributed by atoms with E-state index >= 15 is 0 Å². The number of para-hydroxylation sites is 2. The van der Waals surface area contributed by atoms with E-state index in [9.17, 15) is 10.5 Å². The van der Waals surface area contributed by atoms with Crippen LogP contribution < -0.4 is 4.74 Å². The van der Waals surface area contributed by atoms with Gasteiger partial charge < -0.3 is 9.72 Å². The van der Waals surface area contributed by atoms with Gasteiger partial charge >= 0.3 is 0 Å². The van der Waals surface area contributed by atoms with E-state index in [2.05, 4.69) is 17.1 Å². The molecule has 4 nitrogen and oxygen atoms in total. The number of fused-ring (bicyclic) bond motifs is 1. The second-order valence-corrected chi connectivity index (χ2v) is 5.25. The second kappa shape index (κ2) is 6.25. The number of methoxy groups -OCH3 is 1. The van der Waals surface area contributed by atoms with E-state index in [4.69, 9.17) is 4.74 Å².